The average molecular weight is 311 g/mol. The summed E-state index contributed by atoms with van der Waals surface area (Å²) in [6.07, 6.45) is 3.33. The lowest BCUT2D eigenvalue weighted by Crippen LogP contribution is -2.45. The van der Waals surface area contributed by atoms with Gasteiger partial charge in [-0.1, -0.05) is 36.8 Å². The van der Waals surface area contributed by atoms with Crippen LogP contribution in [-0.4, -0.2) is 24.7 Å². The number of amides is 1. The van der Waals surface area contributed by atoms with E-state index in [2.05, 4.69) is 17.4 Å². The summed E-state index contributed by atoms with van der Waals surface area (Å²) in [6, 6.07) is 15.0. The normalized spacial score (nSPS) is 15.5. The van der Waals surface area contributed by atoms with Crippen LogP contribution in [0.5, 0.6) is 11.5 Å². The fraction of sp³-hybridized carbons (Fsp3) is 0.316. The molecule has 0 spiro atoms. The van der Waals surface area contributed by atoms with Gasteiger partial charge in [0.05, 0.1) is 12.7 Å². The SMILES string of the molecule is COc1ccc(C(=O)NCC2(c3ccccc3)CCC2)c(O)c1. The quantitative estimate of drug-likeness (QED) is 0.891. The van der Waals surface area contributed by atoms with Crippen molar-refractivity contribution < 1.29 is 14.6 Å². The monoisotopic (exact) mass is 311 g/mol. The van der Waals surface area contributed by atoms with Gasteiger partial charge in [0.2, 0.25) is 0 Å². The third-order valence-corrected chi connectivity index (χ3v) is 4.73. The van der Waals surface area contributed by atoms with Gasteiger partial charge in [0.1, 0.15) is 11.5 Å². The van der Waals surface area contributed by atoms with E-state index in [9.17, 15) is 9.90 Å². The molecule has 0 aromatic heterocycles. The molecule has 23 heavy (non-hydrogen) atoms. The Kier molecular flexibility index (Phi) is 4.24. The molecule has 1 fully saturated rings. The summed E-state index contributed by atoms with van der Waals surface area (Å²) in [4.78, 5) is 12.4. The number of phenols is 1. The zero-order valence-corrected chi connectivity index (χ0v) is 13.2. The lowest BCUT2D eigenvalue weighted by atomic mass is 9.64. The molecule has 4 nitrogen and oxygen atoms in total. The Hall–Kier alpha value is -2.49. The molecule has 0 radical (unpaired) electrons. The zero-order valence-electron chi connectivity index (χ0n) is 13.2. The van der Waals surface area contributed by atoms with Crippen LogP contribution in [0.3, 0.4) is 0 Å². The van der Waals surface area contributed by atoms with Crippen LogP contribution in [0.25, 0.3) is 0 Å². The number of hydrogen-bond acceptors (Lipinski definition) is 3. The van der Waals surface area contributed by atoms with Crippen LogP contribution >= 0.6 is 0 Å². The summed E-state index contributed by atoms with van der Waals surface area (Å²) in [5, 5.41) is 12.9. The minimum absolute atomic E-state index is 0.0268. The molecule has 0 bridgehead atoms. The number of phenolic OH excluding ortho intramolecular Hbond substituents is 1. The van der Waals surface area contributed by atoms with Crippen molar-refractivity contribution in [3.63, 3.8) is 0 Å². The molecule has 1 saturated carbocycles. The maximum Gasteiger partial charge on any atom is 0.255 e. The van der Waals surface area contributed by atoms with E-state index in [0.717, 1.165) is 12.8 Å². The van der Waals surface area contributed by atoms with E-state index in [0.29, 0.717) is 12.3 Å². The smallest absolute Gasteiger partial charge is 0.255 e. The fourth-order valence-corrected chi connectivity index (χ4v) is 3.14. The minimum Gasteiger partial charge on any atom is -0.507 e. The summed E-state index contributed by atoms with van der Waals surface area (Å²) in [7, 11) is 1.52. The van der Waals surface area contributed by atoms with E-state index in [1.807, 2.05) is 18.2 Å². The van der Waals surface area contributed by atoms with Crippen LogP contribution < -0.4 is 10.1 Å². The zero-order chi connectivity index (χ0) is 16.3. The van der Waals surface area contributed by atoms with E-state index < -0.39 is 0 Å². The number of benzene rings is 2. The first-order valence-electron chi connectivity index (χ1n) is 7.85. The Balaban J connectivity index is 1.71. The van der Waals surface area contributed by atoms with Crippen LogP contribution in [0, 0.1) is 0 Å². The highest BCUT2D eigenvalue weighted by Gasteiger charge is 2.38. The van der Waals surface area contributed by atoms with Crippen molar-refractivity contribution in [2.45, 2.75) is 24.7 Å². The van der Waals surface area contributed by atoms with Gasteiger partial charge >= 0.3 is 0 Å². The first-order chi connectivity index (χ1) is 11.1. The van der Waals surface area contributed by atoms with Crippen LogP contribution in [0.2, 0.25) is 0 Å². The van der Waals surface area contributed by atoms with Gasteiger partial charge in [-0.2, -0.15) is 0 Å². The van der Waals surface area contributed by atoms with Gasteiger partial charge in [0.25, 0.3) is 5.91 Å². The molecule has 0 unspecified atom stereocenters. The topological polar surface area (TPSA) is 58.6 Å². The number of methoxy groups -OCH3 is 1. The van der Waals surface area contributed by atoms with E-state index in [1.54, 1.807) is 12.1 Å². The number of nitrogens with one attached hydrogen (secondary N) is 1. The Morgan fingerprint density at radius 3 is 2.52 bits per heavy atom. The van der Waals surface area contributed by atoms with Gasteiger partial charge in [0, 0.05) is 18.0 Å². The molecule has 1 aliphatic rings. The van der Waals surface area contributed by atoms with Gasteiger partial charge in [-0.25, -0.2) is 0 Å². The molecule has 3 rings (SSSR count). The molecule has 0 saturated heterocycles. The Labute approximate surface area is 136 Å². The van der Waals surface area contributed by atoms with E-state index >= 15 is 0 Å². The first kappa shape index (κ1) is 15.4. The predicted octanol–water partition coefficient (Wildman–Crippen LogP) is 3.25. The lowest BCUT2D eigenvalue weighted by Gasteiger charge is -2.42. The third-order valence-electron chi connectivity index (χ3n) is 4.73. The van der Waals surface area contributed by atoms with Gasteiger partial charge in [-0.05, 0) is 30.5 Å². The van der Waals surface area contributed by atoms with Gasteiger partial charge in [0.15, 0.2) is 0 Å². The molecule has 2 N–H and O–H groups in total. The van der Waals surface area contributed by atoms with Crippen LogP contribution in [-0.2, 0) is 5.41 Å². The number of hydrogen-bond donors (Lipinski definition) is 2. The molecule has 2 aromatic carbocycles. The standard InChI is InChI=1S/C19H21NO3/c1-23-15-8-9-16(17(21)12-15)18(22)20-13-19(10-5-11-19)14-6-3-2-4-7-14/h2-4,6-9,12,21H,5,10-11,13H2,1H3,(H,20,22). The summed E-state index contributed by atoms with van der Waals surface area (Å²) in [5.74, 6) is 0.204. The first-order valence-corrected chi connectivity index (χ1v) is 7.85. The second-order valence-corrected chi connectivity index (χ2v) is 6.07. The highest BCUT2D eigenvalue weighted by molar-refractivity contribution is 5.97. The molecule has 4 heteroatoms. The number of ether oxygens (including phenoxy) is 1. The Morgan fingerprint density at radius 1 is 1.22 bits per heavy atom. The maximum absolute atomic E-state index is 12.4. The Bertz CT molecular complexity index is 693. The summed E-state index contributed by atoms with van der Waals surface area (Å²) in [6.45, 7) is 0.585. The predicted molar refractivity (Wildman–Crippen MR) is 89.0 cm³/mol. The molecule has 1 aliphatic carbocycles. The number of carbonyl (C=O) groups excluding carboxylic acids is 1. The van der Waals surface area contributed by atoms with Crippen molar-refractivity contribution in [1.29, 1.82) is 0 Å². The maximum atomic E-state index is 12.4. The highest BCUT2D eigenvalue weighted by Crippen LogP contribution is 2.43. The third kappa shape index (κ3) is 3.02. The summed E-state index contributed by atoms with van der Waals surface area (Å²) < 4.78 is 5.04. The molecule has 0 atom stereocenters. The van der Waals surface area contributed by atoms with Gasteiger partial charge < -0.3 is 15.2 Å². The van der Waals surface area contributed by atoms with Crippen LogP contribution in [0.15, 0.2) is 48.5 Å². The average Bonchev–Trinajstić information content (AvgIpc) is 2.54. The van der Waals surface area contributed by atoms with Crippen molar-refractivity contribution in [1.82, 2.24) is 5.32 Å². The number of aromatic hydroxyl groups is 1. The molecular weight excluding hydrogens is 290 g/mol. The van der Waals surface area contributed by atoms with Crippen molar-refractivity contribution >= 4 is 5.91 Å². The largest absolute Gasteiger partial charge is 0.507 e. The molecule has 2 aromatic rings. The highest BCUT2D eigenvalue weighted by atomic mass is 16.5. The minimum atomic E-state index is -0.257. The van der Waals surface area contributed by atoms with Crippen molar-refractivity contribution in [2.75, 3.05) is 13.7 Å². The van der Waals surface area contributed by atoms with Crippen molar-refractivity contribution in [3.8, 4) is 11.5 Å². The lowest BCUT2D eigenvalue weighted by molar-refractivity contribution is 0.0925. The molecule has 120 valence electrons. The van der Waals surface area contributed by atoms with Gasteiger partial charge in [-0.15, -0.1) is 0 Å². The molecule has 0 heterocycles. The Morgan fingerprint density at radius 2 is 1.96 bits per heavy atom. The molecular formula is C19H21NO3. The molecule has 0 aliphatic heterocycles. The fourth-order valence-electron chi connectivity index (χ4n) is 3.14. The van der Waals surface area contributed by atoms with E-state index in [-0.39, 0.29) is 22.6 Å². The van der Waals surface area contributed by atoms with E-state index in [4.69, 9.17) is 4.74 Å². The second kappa shape index (κ2) is 6.32. The summed E-state index contributed by atoms with van der Waals surface area (Å²) in [5.41, 5.74) is 1.57. The van der Waals surface area contributed by atoms with Gasteiger partial charge in [-0.3, -0.25) is 4.79 Å². The summed E-state index contributed by atoms with van der Waals surface area (Å²) >= 11 is 0. The van der Waals surface area contributed by atoms with Crippen LogP contribution in [0.1, 0.15) is 35.2 Å². The number of carbonyl (C=O) groups is 1. The number of rotatable bonds is 5. The second-order valence-electron chi connectivity index (χ2n) is 6.07. The van der Waals surface area contributed by atoms with Crippen molar-refractivity contribution in [3.05, 3.63) is 59.7 Å². The molecule has 1 amide bonds. The van der Waals surface area contributed by atoms with E-state index in [1.165, 1.54) is 25.2 Å². The van der Waals surface area contributed by atoms with Crippen molar-refractivity contribution in [2.24, 2.45) is 0 Å². The van der Waals surface area contributed by atoms with Crippen LogP contribution in [0.4, 0.5) is 0 Å².